The molecule has 42 heavy (non-hydrogen) atoms. The van der Waals surface area contributed by atoms with Crippen molar-refractivity contribution in [3.8, 4) is 0 Å². The van der Waals surface area contributed by atoms with Gasteiger partial charge in [0.25, 0.3) is 0 Å². The Labute approximate surface area is 249 Å². The highest BCUT2D eigenvalue weighted by molar-refractivity contribution is 6.01. The zero-order valence-electron chi connectivity index (χ0n) is 24.3. The minimum Gasteiger partial charge on any atom is -0.378 e. The van der Waals surface area contributed by atoms with Gasteiger partial charge in [-0.25, -0.2) is 0 Å². The Morgan fingerprint density at radius 1 is 0.833 bits per heavy atom. The van der Waals surface area contributed by atoms with Crippen LogP contribution in [0.15, 0.2) is 78.9 Å². The number of fused-ring (bicyclic) bond motifs is 2. The molecule has 1 saturated heterocycles. The Bertz CT molecular complexity index is 1410. The minimum atomic E-state index is -0.844. The first kappa shape index (κ1) is 27.2. The van der Waals surface area contributed by atoms with Crippen LogP contribution >= 0.6 is 0 Å². The molecule has 6 heteroatoms. The molecule has 3 atom stereocenters. The van der Waals surface area contributed by atoms with Gasteiger partial charge in [-0.05, 0) is 97.7 Å². The van der Waals surface area contributed by atoms with Gasteiger partial charge in [-0.3, -0.25) is 9.59 Å². The van der Waals surface area contributed by atoms with Gasteiger partial charge in [0.05, 0.1) is 19.6 Å². The number of anilines is 2. The number of benzene rings is 3. The van der Waals surface area contributed by atoms with Crippen molar-refractivity contribution in [3.63, 3.8) is 0 Å². The average molecular weight is 564 g/mol. The number of hydrogen-bond donors (Lipinski definition) is 1. The van der Waals surface area contributed by atoms with Crippen molar-refractivity contribution in [2.45, 2.75) is 62.9 Å². The van der Waals surface area contributed by atoms with Crippen LogP contribution in [0.2, 0.25) is 0 Å². The lowest BCUT2D eigenvalue weighted by Crippen LogP contribution is -2.63. The molecule has 218 valence electrons. The van der Waals surface area contributed by atoms with Crippen molar-refractivity contribution in [1.82, 2.24) is 4.90 Å². The fraction of sp³-hybridized carbons (Fsp3) is 0.444. The van der Waals surface area contributed by atoms with Crippen LogP contribution in [-0.2, 0) is 33.6 Å². The number of hydrogen-bond acceptors (Lipinski definition) is 4. The summed E-state index contributed by atoms with van der Waals surface area (Å²) >= 11 is 0. The van der Waals surface area contributed by atoms with E-state index >= 15 is 0 Å². The number of nitrogens with one attached hydrogen (secondary N) is 1. The monoisotopic (exact) mass is 563 g/mol. The van der Waals surface area contributed by atoms with E-state index in [1.165, 1.54) is 11.1 Å². The Hall–Kier alpha value is -3.64. The summed E-state index contributed by atoms with van der Waals surface area (Å²) in [6.07, 6.45) is 6.73. The molecular formula is C36H41N3O3. The molecule has 0 radical (unpaired) electrons. The summed E-state index contributed by atoms with van der Waals surface area (Å²) in [6, 6.07) is 27.1. The number of nitrogens with zero attached hydrogens (tertiary/aromatic N) is 2. The van der Waals surface area contributed by atoms with Crippen molar-refractivity contribution < 1.29 is 14.3 Å². The van der Waals surface area contributed by atoms with E-state index in [1.807, 2.05) is 47.4 Å². The second-order valence-corrected chi connectivity index (χ2v) is 12.7. The van der Waals surface area contributed by atoms with E-state index in [9.17, 15) is 9.59 Å². The van der Waals surface area contributed by atoms with E-state index < -0.39 is 5.54 Å². The maximum Gasteiger partial charge on any atom is 0.250 e. The number of amides is 2. The summed E-state index contributed by atoms with van der Waals surface area (Å²) in [5, 5.41) is 3.30. The van der Waals surface area contributed by atoms with E-state index in [0.29, 0.717) is 24.7 Å². The number of rotatable bonds is 7. The van der Waals surface area contributed by atoms with Crippen LogP contribution in [0.1, 0.15) is 48.8 Å². The summed E-state index contributed by atoms with van der Waals surface area (Å²) < 4.78 is 5.51. The summed E-state index contributed by atoms with van der Waals surface area (Å²) in [7, 11) is 0. The van der Waals surface area contributed by atoms with Crippen molar-refractivity contribution in [2.75, 3.05) is 36.5 Å². The fourth-order valence-corrected chi connectivity index (χ4v) is 7.73. The topological polar surface area (TPSA) is 61.9 Å². The SMILES string of the molecule is O=C(Cc1ccccc1)N(C1CC1)C1(C(=O)Nc2ccc(N3CCOCC3)cc2)CCC2Cc3ccccc3CC2C1. The summed E-state index contributed by atoms with van der Waals surface area (Å²) in [5.41, 5.74) is 4.95. The van der Waals surface area contributed by atoms with Gasteiger partial charge in [-0.1, -0.05) is 54.6 Å². The van der Waals surface area contributed by atoms with Crippen molar-refractivity contribution in [2.24, 2.45) is 11.8 Å². The molecule has 2 saturated carbocycles. The highest BCUT2D eigenvalue weighted by atomic mass is 16.5. The third-order valence-electron chi connectivity index (χ3n) is 10.0. The lowest BCUT2D eigenvalue weighted by Gasteiger charge is -2.51. The highest BCUT2D eigenvalue weighted by Gasteiger charge is 2.55. The second kappa shape index (κ2) is 11.6. The molecule has 6 nitrogen and oxygen atoms in total. The van der Waals surface area contributed by atoms with Gasteiger partial charge in [-0.15, -0.1) is 0 Å². The van der Waals surface area contributed by atoms with Crippen LogP contribution in [0.4, 0.5) is 11.4 Å². The number of carbonyl (C=O) groups excluding carboxylic acids is 2. The van der Waals surface area contributed by atoms with Gasteiger partial charge in [0.2, 0.25) is 11.8 Å². The zero-order valence-corrected chi connectivity index (χ0v) is 24.3. The Kier molecular flexibility index (Phi) is 7.49. The largest absolute Gasteiger partial charge is 0.378 e. The molecule has 3 fully saturated rings. The molecule has 1 aliphatic heterocycles. The van der Waals surface area contributed by atoms with Gasteiger partial charge in [0.15, 0.2) is 0 Å². The molecule has 3 aromatic rings. The van der Waals surface area contributed by atoms with Gasteiger partial charge in [-0.2, -0.15) is 0 Å². The maximum absolute atomic E-state index is 14.6. The van der Waals surface area contributed by atoms with Gasteiger partial charge >= 0.3 is 0 Å². The molecular weight excluding hydrogens is 522 g/mol. The minimum absolute atomic E-state index is 0.0211. The van der Waals surface area contributed by atoms with Crippen LogP contribution in [0, 0.1) is 11.8 Å². The zero-order chi connectivity index (χ0) is 28.5. The first-order chi connectivity index (χ1) is 20.6. The summed E-state index contributed by atoms with van der Waals surface area (Å²) in [6.45, 7) is 3.23. The van der Waals surface area contributed by atoms with Crippen LogP contribution in [-0.4, -0.2) is 54.6 Å². The highest BCUT2D eigenvalue weighted by Crippen LogP contribution is 2.49. The maximum atomic E-state index is 14.6. The van der Waals surface area contributed by atoms with E-state index in [0.717, 1.165) is 81.8 Å². The molecule has 3 aromatic carbocycles. The second-order valence-electron chi connectivity index (χ2n) is 12.7. The van der Waals surface area contributed by atoms with Crippen LogP contribution in [0.5, 0.6) is 0 Å². The molecule has 1 N–H and O–H groups in total. The molecule has 4 aliphatic rings. The summed E-state index contributed by atoms with van der Waals surface area (Å²) in [4.78, 5) is 33.1. The van der Waals surface area contributed by atoms with Crippen molar-refractivity contribution >= 4 is 23.2 Å². The lowest BCUT2D eigenvalue weighted by atomic mass is 9.62. The molecule has 3 unspecified atom stereocenters. The smallest absolute Gasteiger partial charge is 0.250 e. The van der Waals surface area contributed by atoms with Crippen LogP contribution in [0.3, 0.4) is 0 Å². The van der Waals surface area contributed by atoms with Crippen LogP contribution in [0.25, 0.3) is 0 Å². The predicted molar refractivity (Wildman–Crippen MR) is 166 cm³/mol. The standard InChI is InChI=1S/C36H41N3O3/c40-34(22-26-6-2-1-3-7-26)39(33-14-15-33)36(17-16-29-23-27-8-4-5-9-28(27)24-30(29)25-36)35(41)37-31-10-12-32(13-11-31)38-18-20-42-21-19-38/h1-13,29-30,33H,14-25H2,(H,37,41). The summed E-state index contributed by atoms with van der Waals surface area (Å²) in [5.74, 6) is 0.996. The first-order valence-electron chi connectivity index (χ1n) is 15.8. The van der Waals surface area contributed by atoms with Crippen molar-refractivity contribution in [3.05, 3.63) is 95.6 Å². The number of ether oxygens (including phenoxy) is 1. The lowest BCUT2D eigenvalue weighted by molar-refractivity contribution is -0.150. The Balaban J connectivity index is 1.18. The van der Waals surface area contributed by atoms with Crippen LogP contribution < -0.4 is 10.2 Å². The number of morpholine rings is 1. The quantitative estimate of drug-likeness (QED) is 0.404. The third kappa shape index (κ3) is 5.45. The Morgan fingerprint density at radius 3 is 2.19 bits per heavy atom. The molecule has 0 aromatic heterocycles. The number of carbonyl (C=O) groups is 2. The molecule has 7 rings (SSSR count). The molecule has 0 bridgehead atoms. The molecule has 3 aliphatic carbocycles. The molecule has 0 spiro atoms. The first-order valence-corrected chi connectivity index (χ1v) is 15.8. The van der Waals surface area contributed by atoms with E-state index in [-0.39, 0.29) is 17.9 Å². The van der Waals surface area contributed by atoms with E-state index in [4.69, 9.17) is 4.74 Å². The molecule has 2 amide bonds. The van der Waals surface area contributed by atoms with E-state index in [2.05, 4.69) is 46.6 Å². The molecule has 1 heterocycles. The average Bonchev–Trinajstić information content (AvgIpc) is 3.86. The third-order valence-corrected chi connectivity index (χ3v) is 10.0. The van der Waals surface area contributed by atoms with Gasteiger partial charge < -0.3 is 19.9 Å². The van der Waals surface area contributed by atoms with E-state index in [1.54, 1.807) is 0 Å². The Morgan fingerprint density at radius 2 is 1.50 bits per heavy atom. The predicted octanol–water partition coefficient (Wildman–Crippen LogP) is 5.65. The van der Waals surface area contributed by atoms with Gasteiger partial charge in [0, 0.05) is 30.5 Å². The van der Waals surface area contributed by atoms with Crippen molar-refractivity contribution in [1.29, 1.82) is 0 Å². The van der Waals surface area contributed by atoms with Gasteiger partial charge in [0.1, 0.15) is 5.54 Å². The normalized spacial score (nSPS) is 25.2. The fourth-order valence-electron chi connectivity index (χ4n) is 7.73.